The zero-order chi connectivity index (χ0) is 19.1. The van der Waals surface area contributed by atoms with Crippen molar-refractivity contribution in [1.29, 1.82) is 0 Å². The number of hydrogen-bond donors (Lipinski definition) is 2. The molecule has 27 heavy (non-hydrogen) atoms. The third-order valence-electron chi connectivity index (χ3n) is 3.89. The highest BCUT2D eigenvalue weighted by atomic mass is 16.5. The van der Waals surface area contributed by atoms with E-state index < -0.39 is 18.5 Å². The molecule has 0 saturated carbocycles. The molecule has 0 aliphatic heterocycles. The quantitative estimate of drug-likeness (QED) is 0.497. The molecule has 0 aromatic heterocycles. The molecule has 0 bridgehead atoms. The highest BCUT2D eigenvalue weighted by Gasteiger charge is 2.16. The van der Waals surface area contributed by atoms with Crippen molar-refractivity contribution in [3.8, 4) is 11.5 Å². The Labute approximate surface area is 156 Å². The second-order valence-electron chi connectivity index (χ2n) is 5.77. The number of amides is 1. The van der Waals surface area contributed by atoms with Gasteiger partial charge in [0.15, 0.2) is 6.61 Å². The van der Waals surface area contributed by atoms with Crippen LogP contribution in [0.4, 0.5) is 0 Å². The standard InChI is InChI=1S/C21H19NO5/c23-19(22-12-13-26-16-7-2-1-3-8-16)14-27-21(25)18-11-10-15-6-4-5-9-17(15)20(18)24/h1-11,24H,12-14H2,(H,22,23). The summed E-state index contributed by atoms with van der Waals surface area (Å²) in [4.78, 5) is 23.9. The fraction of sp³-hybridized carbons (Fsp3) is 0.143. The van der Waals surface area contributed by atoms with Crippen molar-refractivity contribution in [2.75, 3.05) is 19.8 Å². The molecule has 0 saturated heterocycles. The molecule has 3 aromatic carbocycles. The summed E-state index contributed by atoms with van der Waals surface area (Å²) in [5.74, 6) is -0.644. The molecule has 138 valence electrons. The summed E-state index contributed by atoms with van der Waals surface area (Å²) in [5, 5.41) is 14.2. The van der Waals surface area contributed by atoms with Gasteiger partial charge in [-0.05, 0) is 23.6 Å². The van der Waals surface area contributed by atoms with Gasteiger partial charge in [-0.1, -0.05) is 48.5 Å². The van der Waals surface area contributed by atoms with Crippen molar-refractivity contribution >= 4 is 22.6 Å². The molecule has 0 fully saturated rings. The molecule has 3 aromatic rings. The molecule has 1 amide bonds. The third-order valence-corrected chi connectivity index (χ3v) is 3.89. The molecule has 0 aliphatic carbocycles. The van der Waals surface area contributed by atoms with Crippen LogP contribution < -0.4 is 10.1 Å². The zero-order valence-electron chi connectivity index (χ0n) is 14.6. The fourth-order valence-corrected chi connectivity index (χ4v) is 2.56. The van der Waals surface area contributed by atoms with Gasteiger partial charge in [-0.2, -0.15) is 0 Å². The first kappa shape index (κ1) is 18.3. The van der Waals surface area contributed by atoms with Crippen molar-refractivity contribution in [3.63, 3.8) is 0 Å². The molecule has 0 spiro atoms. The Morgan fingerprint density at radius 2 is 1.67 bits per heavy atom. The van der Waals surface area contributed by atoms with E-state index in [0.717, 1.165) is 5.39 Å². The van der Waals surface area contributed by atoms with Crippen molar-refractivity contribution in [2.24, 2.45) is 0 Å². The Kier molecular flexibility index (Phi) is 5.89. The molecule has 0 atom stereocenters. The normalized spacial score (nSPS) is 10.4. The van der Waals surface area contributed by atoms with Crippen molar-refractivity contribution < 1.29 is 24.2 Å². The lowest BCUT2D eigenvalue weighted by atomic mass is 10.1. The third kappa shape index (κ3) is 4.76. The number of phenolic OH excluding ortho intramolecular Hbond substituents is 1. The first-order valence-corrected chi connectivity index (χ1v) is 8.47. The summed E-state index contributed by atoms with van der Waals surface area (Å²) in [6, 6.07) is 19.6. The van der Waals surface area contributed by atoms with E-state index in [1.54, 1.807) is 18.2 Å². The molecule has 2 N–H and O–H groups in total. The van der Waals surface area contributed by atoms with Gasteiger partial charge in [-0.3, -0.25) is 4.79 Å². The SMILES string of the molecule is O=C(COC(=O)c1ccc2ccccc2c1O)NCCOc1ccccc1. The number of para-hydroxylation sites is 1. The molecular weight excluding hydrogens is 346 g/mol. The number of benzene rings is 3. The Balaban J connectivity index is 1.46. The van der Waals surface area contributed by atoms with Crippen LogP contribution in [-0.4, -0.2) is 36.7 Å². The maximum atomic E-state index is 12.1. The summed E-state index contributed by atoms with van der Waals surface area (Å²) in [6.07, 6.45) is 0. The monoisotopic (exact) mass is 365 g/mol. The highest BCUT2D eigenvalue weighted by molar-refractivity contribution is 6.01. The molecule has 0 heterocycles. The molecule has 6 heteroatoms. The van der Waals surface area contributed by atoms with Gasteiger partial charge >= 0.3 is 5.97 Å². The van der Waals surface area contributed by atoms with Gasteiger partial charge in [0, 0.05) is 5.39 Å². The summed E-state index contributed by atoms with van der Waals surface area (Å²) >= 11 is 0. The van der Waals surface area contributed by atoms with Crippen LogP contribution >= 0.6 is 0 Å². The van der Waals surface area contributed by atoms with E-state index in [2.05, 4.69) is 5.32 Å². The number of rotatable bonds is 7. The first-order chi connectivity index (χ1) is 13.1. The summed E-state index contributed by atoms with van der Waals surface area (Å²) in [7, 11) is 0. The van der Waals surface area contributed by atoms with Crippen LogP contribution in [0.15, 0.2) is 66.7 Å². The molecule has 3 rings (SSSR count). The minimum Gasteiger partial charge on any atom is -0.506 e. The van der Waals surface area contributed by atoms with Gasteiger partial charge in [0.1, 0.15) is 23.7 Å². The lowest BCUT2D eigenvalue weighted by Crippen LogP contribution is -2.32. The van der Waals surface area contributed by atoms with Crippen LogP contribution in [0.1, 0.15) is 10.4 Å². The van der Waals surface area contributed by atoms with E-state index in [1.807, 2.05) is 42.5 Å². The summed E-state index contributed by atoms with van der Waals surface area (Å²) < 4.78 is 10.4. The van der Waals surface area contributed by atoms with Crippen LogP contribution in [0.5, 0.6) is 11.5 Å². The van der Waals surface area contributed by atoms with E-state index in [-0.39, 0.29) is 17.9 Å². The maximum absolute atomic E-state index is 12.1. The number of nitrogens with one attached hydrogen (secondary N) is 1. The number of carbonyl (C=O) groups is 2. The maximum Gasteiger partial charge on any atom is 0.342 e. The van der Waals surface area contributed by atoms with E-state index in [4.69, 9.17) is 9.47 Å². The Morgan fingerprint density at radius 1 is 0.926 bits per heavy atom. The molecule has 0 radical (unpaired) electrons. The van der Waals surface area contributed by atoms with Crippen LogP contribution in [0.2, 0.25) is 0 Å². The van der Waals surface area contributed by atoms with Crippen molar-refractivity contribution in [2.45, 2.75) is 0 Å². The van der Waals surface area contributed by atoms with E-state index in [1.165, 1.54) is 6.07 Å². The van der Waals surface area contributed by atoms with Gasteiger partial charge in [-0.25, -0.2) is 4.79 Å². The highest BCUT2D eigenvalue weighted by Crippen LogP contribution is 2.28. The second-order valence-corrected chi connectivity index (χ2v) is 5.77. The average Bonchev–Trinajstić information content (AvgIpc) is 2.71. The number of carbonyl (C=O) groups excluding carboxylic acids is 2. The first-order valence-electron chi connectivity index (χ1n) is 8.47. The number of esters is 1. The summed E-state index contributed by atoms with van der Waals surface area (Å²) in [6.45, 7) is 0.151. The van der Waals surface area contributed by atoms with Crippen LogP contribution in [-0.2, 0) is 9.53 Å². The van der Waals surface area contributed by atoms with Crippen LogP contribution in [0, 0.1) is 0 Å². The fourth-order valence-electron chi connectivity index (χ4n) is 2.56. The minimum absolute atomic E-state index is 0.0221. The largest absolute Gasteiger partial charge is 0.506 e. The molecule has 0 aliphatic rings. The number of fused-ring (bicyclic) bond motifs is 1. The lowest BCUT2D eigenvalue weighted by molar-refractivity contribution is -0.124. The topological polar surface area (TPSA) is 84.9 Å². The lowest BCUT2D eigenvalue weighted by Gasteiger charge is -2.09. The minimum atomic E-state index is -0.756. The number of hydrogen-bond acceptors (Lipinski definition) is 5. The number of phenols is 1. The predicted octanol–water partition coefficient (Wildman–Crippen LogP) is 2.90. The van der Waals surface area contributed by atoms with Gasteiger partial charge in [0.25, 0.3) is 5.91 Å². The summed E-state index contributed by atoms with van der Waals surface area (Å²) in [5.41, 5.74) is 0.0221. The molecule has 6 nitrogen and oxygen atoms in total. The predicted molar refractivity (Wildman–Crippen MR) is 101 cm³/mol. The number of ether oxygens (including phenoxy) is 2. The Hall–Kier alpha value is -3.54. The smallest absolute Gasteiger partial charge is 0.342 e. The Morgan fingerprint density at radius 3 is 2.48 bits per heavy atom. The van der Waals surface area contributed by atoms with Crippen LogP contribution in [0.25, 0.3) is 10.8 Å². The van der Waals surface area contributed by atoms with Gasteiger partial charge in [0.2, 0.25) is 0 Å². The second kappa shape index (κ2) is 8.71. The van der Waals surface area contributed by atoms with Gasteiger partial charge in [-0.15, -0.1) is 0 Å². The van der Waals surface area contributed by atoms with E-state index in [9.17, 15) is 14.7 Å². The zero-order valence-corrected chi connectivity index (χ0v) is 14.6. The van der Waals surface area contributed by atoms with Gasteiger partial charge < -0.3 is 19.9 Å². The van der Waals surface area contributed by atoms with E-state index in [0.29, 0.717) is 17.7 Å². The van der Waals surface area contributed by atoms with Crippen molar-refractivity contribution in [3.05, 3.63) is 72.3 Å². The Bertz CT molecular complexity index is 940. The van der Waals surface area contributed by atoms with Crippen LogP contribution in [0.3, 0.4) is 0 Å². The average molecular weight is 365 g/mol. The van der Waals surface area contributed by atoms with Gasteiger partial charge in [0.05, 0.1) is 6.54 Å². The molecule has 0 unspecified atom stereocenters. The molecular formula is C21H19NO5. The van der Waals surface area contributed by atoms with Crippen molar-refractivity contribution in [1.82, 2.24) is 5.32 Å². The number of aromatic hydroxyl groups is 1. The van der Waals surface area contributed by atoms with E-state index >= 15 is 0 Å².